The highest BCUT2D eigenvalue weighted by Gasteiger charge is 2.11. The second kappa shape index (κ2) is 5.25. The van der Waals surface area contributed by atoms with Crippen LogP contribution in [-0.4, -0.2) is 13.3 Å². The first-order chi connectivity index (χ1) is 9.36. The first kappa shape index (κ1) is 13.9. The van der Waals surface area contributed by atoms with Crippen molar-refractivity contribution < 1.29 is 22.0 Å². The topological polar surface area (TPSA) is 86.5 Å². The van der Waals surface area contributed by atoms with Crippen molar-refractivity contribution >= 4 is 15.9 Å². The van der Waals surface area contributed by atoms with E-state index in [1.807, 2.05) is 0 Å². The number of halogens is 1. The van der Waals surface area contributed by atoms with E-state index in [-0.39, 0.29) is 11.4 Å². The molecule has 20 heavy (non-hydrogen) atoms. The van der Waals surface area contributed by atoms with Crippen molar-refractivity contribution in [3.63, 3.8) is 0 Å². The highest BCUT2D eigenvalue weighted by molar-refractivity contribution is 7.86. The maximum atomic E-state index is 12.7. The van der Waals surface area contributed by atoms with E-state index in [1.165, 1.54) is 36.4 Å². The second-order valence-electron chi connectivity index (χ2n) is 3.76. The Morgan fingerprint density at radius 2 is 1.40 bits per heavy atom. The van der Waals surface area contributed by atoms with Crippen molar-refractivity contribution in [1.29, 1.82) is 0 Å². The second-order valence-corrected chi connectivity index (χ2v) is 5.11. The van der Waals surface area contributed by atoms with Gasteiger partial charge in [0.2, 0.25) is 0 Å². The summed E-state index contributed by atoms with van der Waals surface area (Å²) < 4.78 is 39.3. The lowest BCUT2D eigenvalue weighted by atomic mass is 10.3. The molecule has 0 aliphatic rings. The first-order valence-electron chi connectivity index (χ1n) is 5.33. The van der Waals surface area contributed by atoms with Gasteiger partial charge < -0.3 is 4.74 Å². The molecule has 0 radical (unpaired) electrons. The molecule has 0 N–H and O–H groups in total. The van der Waals surface area contributed by atoms with Crippen molar-refractivity contribution in [3.8, 4) is 11.5 Å². The van der Waals surface area contributed by atoms with E-state index in [9.17, 15) is 22.4 Å². The molecule has 0 spiro atoms. The Kier molecular flexibility index (Phi) is 3.66. The van der Waals surface area contributed by atoms with Gasteiger partial charge in [-0.2, -0.15) is 8.42 Å². The van der Waals surface area contributed by atoms with E-state index in [1.54, 1.807) is 0 Å². The zero-order chi connectivity index (χ0) is 14.8. The van der Waals surface area contributed by atoms with Gasteiger partial charge in [0.05, 0.1) is 9.82 Å². The van der Waals surface area contributed by atoms with Crippen LogP contribution in [0, 0.1) is 10.1 Å². The Balaban J connectivity index is 2.16. The third kappa shape index (κ3) is 3.29. The van der Waals surface area contributed by atoms with Crippen LogP contribution in [-0.2, 0) is 10.2 Å². The van der Waals surface area contributed by atoms with Crippen LogP contribution in [0.15, 0.2) is 53.4 Å². The standard InChI is InChI=1S/C12H8FNO5S/c13-20(17,18)12-7-5-11(6-8-12)19-10-3-1-9(2-4-10)14(15)16/h1-8H. The van der Waals surface area contributed by atoms with Crippen LogP contribution in [0.25, 0.3) is 0 Å². The molecule has 6 nitrogen and oxygen atoms in total. The molecule has 0 aliphatic carbocycles. The van der Waals surface area contributed by atoms with E-state index in [2.05, 4.69) is 0 Å². The number of benzene rings is 2. The highest BCUT2D eigenvalue weighted by atomic mass is 32.3. The lowest BCUT2D eigenvalue weighted by Crippen LogP contribution is -1.92. The van der Waals surface area contributed by atoms with Gasteiger partial charge in [0.15, 0.2) is 0 Å². The molecule has 0 bridgehead atoms. The third-order valence-corrected chi connectivity index (χ3v) is 3.22. The molecule has 2 rings (SSSR count). The summed E-state index contributed by atoms with van der Waals surface area (Å²) in [4.78, 5) is 9.47. The minimum absolute atomic E-state index is 0.0729. The van der Waals surface area contributed by atoms with Gasteiger partial charge in [-0.1, -0.05) is 0 Å². The summed E-state index contributed by atoms with van der Waals surface area (Å²) in [6, 6.07) is 10.1. The smallest absolute Gasteiger partial charge is 0.332 e. The van der Waals surface area contributed by atoms with Crippen molar-refractivity contribution in [2.45, 2.75) is 4.90 Å². The van der Waals surface area contributed by atoms with Crippen LogP contribution < -0.4 is 4.74 Å². The fourth-order valence-electron chi connectivity index (χ4n) is 1.44. The summed E-state index contributed by atoms with van der Waals surface area (Å²) in [5.74, 6) is 0.623. The van der Waals surface area contributed by atoms with Crippen LogP contribution in [0.4, 0.5) is 9.57 Å². The number of nitro groups is 1. The van der Waals surface area contributed by atoms with Crippen LogP contribution in [0.1, 0.15) is 0 Å². The van der Waals surface area contributed by atoms with Gasteiger partial charge in [0, 0.05) is 12.1 Å². The quantitative estimate of drug-likeness (QED) is 0.492. The number of hydrogen-bond acceptors (Lipinski definition) is 5. The predicted octanol–water partition coefficient (Wildman–Crippen LogP) is 3.05. The number of nitro benzene ring substituents is 1. The fourth-order valence-corrected chi connectivity index (χ4v) is 1.90. The van der Waals surface area contributed by atoms with Crippen molar-refractivity contribution in [1.82, 2.24) is 0 Å². The SMILES string of the molecule is O=[N+]([O-])c1ccc(Oc2ccc(S(=O)(=O)F)cc2)cc1. The van der Waals surface area contributed by atoms with Gasteiger partial charge in [-0.05, 0) is 36.4 Å². The lowest BCUT2D eigenvalue weighted by molar-refractivity contribution is -0.384. The Morgan fingerprint density at radius 3 is 1.80 bits per heavy atom. The average Bonchev–Trinajstić information content (AvgIpc) is 2.39. The van der Waals surface area contributed by atoms with Gasteiger partial charge in [-0.25, -0.2) is 0 Å². The zero-order valence-corrected chi connectivity index (χ0v) is 10.7. The lowest BCUT2D eigenvalue weighted by Gasteiger charge is -2.05. The molecule has 0 unspecified atom stereocenters. The summed E-state index contributed by atoms with van der Waals surface area (Å²) in [7, 11) is -4.74. The number of nitrogens with zero attached hydrogens (tertiary/aromatic N) is 1. The number of hydrogen-bond donors (Lipinski definition) is 0. The van der Waals surface area contributed by atoms with Crippen molar-refractivity contribution in [2.24, 2.45) is 0 Å². The van der Waals surface area contributed by atoms with Gasteiger partial charge in [-0.3, -0.25) is 10.1 Å². The van der Waals surface area contributed by atoms with Gasteiger partial charge in [0.25, 0.3) is 5.69 Å². The van der Waals surface area contributed by atoms with E-state index < -0.39 is 20.0 Å². The Labute approximate surface area is 113 Å². The van der Waals surface area contributed by atoms with Crippen molar-refractivity contribution in [3.05, 3.63) is 58.6 Å². The molecular formula is C12H8FNO5S. The number of non-ortho nitro benzene ring substituents is 1. The molecule has 0 aliphatic heterocycles. The zero-order valence-electron chi connectivity index (χ0n) is 9.89. The van der Waals surface area contributed by atoms with Crippen LogP contribution in [0.2, 0.25) is 0 Å². The summed E-state index contributed by atoms with van der Waals surface area (Å²) in [5.41, 5.74) is -0.0729. The monoisotopic (exact) mass is 297 g/mol. The summed E-state index contributed by atoms with van der Waals surface area (Å²) in [5, 5.41) is 10.5. The first-order valence-corrected chi connectivity index (χ1v) is 6.72. The summed E-state index contributed by atoms with van der Waals surface area (Å²) in [6.07, 6.45) is 0. The third-order valence-electron chi connectivity index (χ3n) is 2.39. The van der Waals surface area contributed by atoms with Gasteiger partial charge in [-0.15, -0.1) is 3.89 Å². The fraction of sp³-hybridized carbons (Fsp3) is 0. The van der Waals surface area contributed by atoms with E-state index in [0.717, 1.165) is 12.1 Å². The van der Waals surface area contributed by atoms with Crippen molar-refractivity contribution in [2.75, 3.05) is 0 Å². The van der Waals surface area contributed by atoms with E-state index >= 15 is 0 Å². The maximum Gasteiger partial charge on any atom is 0.332 e. The highest BCUT2D eigenvalue weighted by Crippen LogP contribution is 2.25. The Morgan fingerprint density at radius 1 is 0.950 bits per heavy atom. The normalized spacial score (nSPS) is 11.1. The number of ether oxygens (including phenoxy) is 1. The molecule has 0 saturated carbocycles. The molecule has 0 aromatic heterocycles. The largest absolute Gasteiger partial charge is 0.457 e. The molecule has 104 valence electrons. The van der Waals surface area contributed by atoms with E-state index in [0.29, 0.717) is 5.75 Å². The summed E-state index contributed by atoms with van der Waals surface area (Å²) in [6.45, 7) is 0. The molecular weight excluding hydrogens is 289 g/mol. The summed E-state index contributed by atoms with van der Waals surface area (Å²) >= 11 is 0. The molecule has 0 fully saturated rings. The average molecular weight is 297 g/mol. The maximum absolute atomic E-state index is 12.7. The van der Waals surface area contributed by atoms with Crippen LogP contribution in [0.3, 0.4) is 0 Å². The molecule has 0 atom stereocenters. The predicted molar refractivity (Wildman–Crippen MR) is 67.9 cm³/mol. The van der Waals surface area contributed by atoms with Gasteiger partial charge in [0.1, 0.15) is 11.5 Å². The van der Waals surface area contributed by atoms with E-state index in [4.69, 9.17) is 4.74 Å². The van der Waals surface area contributed by atoms with Crippen LogP contribution in [0.5, 0.6) is 11.5 Å². The van der Waals surface area contributed by atoms with Crippen LogP contribution >= 0.6 is 0 Å². The minimum atomic E-state index is -4.74. The molecule has 0 saturated heterocycles. The number of rotatable bonds is 4. The molecule has 8 heteroatoms. The molecule has 0 amide bonds. The van der Waals surface area contributed by atoms with Gasteiger partial charge >= 0.3 is 10.2 Å². The molecule has 2 aromatic carbocycles. The molecule has 0 heterocycles. The minimum Gasteiger partial charge on any atom is -0.457 e. The molecule has 2 aromatic rings. The Hall–Kier alpha value is -2.48. The Bertz CT molecular complexity index is 725.